The summed E-state index contributed by atoms with van der Waals surface area (Å²) in [6, 6.07) is 9.09. The topological polar surface area (TPSA) is 24.9 Å². The van der Waals surface area contributed by atoms with Gasteiger partial charge in [0.25, 0.3) is 0 Å². The quantitative estimate of drug-likeness (QED) is 0.891. The van der Waals surface area contributed by atoms with Crippen LogP contribution in [0.15, 0.2) is 42.7 Å². The Hall–Kier alpha value is -1.74. The summed E-state index contributed by atoms with van der Waals surface area (Å²) in [5, 5.41) is 3.35. The van der Waals surface area contributed by atoms with Crippen molar-refractivity contribution >= 4 is 0 Å². The third kappa shape index (κ3) is 3.14. The third-order valence-corrected chi connectivity index (χ3v) is 2.75. The van der Waals surface area contributed by atoms with Crippen LogP contribution in [0.4, 0.5) is 4.39 Å². The minimum Gasteiger partial charge on any atom is -0.310 e. The first kappa shape index (κ1) is 12.7. The van der Waals surface area contributed by atoms with Crippen LogP contribution in [-0.4, -0.2) is 11.0 Å². The van der Waals surface area contributed by atoms with E-state index >= 15 is 0 Å². The van der Waals surface area contributed by atoms with Crippen molar-refractivity contribution < 1.29 is 4.39 Å². The summed E-state index contributed by atoms with van der Waals surface area (Å²) < 4.78 is 13.4. The molecule has 1 heterocycles. The maximum Gasteiger partial charge on any atom is 0.123 e. The van der Waals surface area contributed by atoms with Crippen molar-refractivity contribution in [2.75, 3.05) is 0 Å². The molecule has 0 saturated heterocycles. The first-order valence-corrected chi connectivity index (χ1v) is 6.09. The summed E-state index contributed by atoms with van der Waals surface area (Å²) in [5.41, 5.74) is 2.92. The molecule has 1 aromatic heterocycles. The van der Waals surface area contributed by atoms with Gasteiger partial charge in [0.2, 0.25) is 0 Å². The first-order chi connectivity index (χ1) is 8.66. The second kappa shape index (κ2) is 5.74. The fourth-order valence-corrected chi connectivity index (χ4v) is 1.81. The summed E-state index contributed by atoms with van der Waals surface area (Å²) in [7, 11) is 0. The zero-order valence-electron chi connectivity index (χ0n) is 10.7. The number of aromatic nitrogens is 1. The van der Waals surface area contributed by atoms with E-state index in [2.05, 4.69) is 24.1 Å². The van der Waals surface area contributed by atoms with E-state index in [1.54, 1.807) is 18.5 Å². The summed E-state index contributed by atoms with van der Waals surface area (Å²) in [5.74, 6) is -0.220. The molecule has 0 aliphatic heterocycles. The average molecular weight is 244 g/mol. The molecule has 0 aliphatic rings. The molecule has 2 aromatic rings. The lowest BCUT2D eigenvalue weighted by Gasteiger charge is -2.12. The molecule has 0 amide bonds. The van der Waals surface area contributed by atoms with Crippen LogP contribution in [0.25, 0.3) is 11.1 Å². The van der Waals surface area contributed by atoms with Crippen LogP contribution in [-0.2, 0) is 6.54 Å². The van der Waals surface area contributed by atoms with Gasteiger partial charge in [0, 0.05) is 30.5 Å². The highest BCUT2D eigenvalue weighted by Gasteiger charge is 2.07. The Morgan fingerprint density at radius 1 is 1.28 bits per heavy atom. The molecule has 18 heavy (non-hydrogen) atoms. The van der Waals surface area contributed by atoms with E-state index in [1.165, 1.54) is 6.07 Å². The van der Waals surface area contributed by atoms with Gasteiger partial charge < -0.3 is 5.32 Å². The summed E-state index contributed by atoms with van der Waals surface area (Å²) in [4.78, 5) is 4.08. The second-order valence-corrected chi connectivity index (χ2v) is 4.58. The van der Waals surface area contributed by atoms with Crippen LogP contribution in [0.3, 0.4) is 0 Å². The van der Waals surface area contributed by atoms with Crippen LogP contribution in [0.5, 0.6) is 0 Å². The normalized spacial score (nSPS) is 10.9. The van der Waals surface area contributed by atoms with Gasteiger partial charge in [-0.3, -0.25) is 4.98 Å². The third-order valence-electron chi connectivity index (χ3n) is 2.75. The van der Waals surface area contributed by atoms with Crippen molar-refractivity contribution in [3.8, 4) is 11.1 Å². The first-order valence-electron chi connectivity index (χ1n) is 6.09. The Labute approximate surface area is 107 Å². The fraction of sp³-hybridized carbons (Fsp3) is 0.267. The molecule has 0 spiro atoms. The van der Waals surface area contributed by atoms with Gasteiger partial charge >= 0.3 is 0 Å². The molecule has 0 aliphatic carbocycles. The molecule has 2 nitrogen and oxygen atoms in total. The molecular formula is C15H17FN2. The van der Waals surface area contributed by atoms with E-state index in [-0.39, 0.29) is 5.82 Å². The molecular weight excluding hydrogens is 227 g/mol. The van der Waals surface area contributed by atoms with Gasteiger partial charge in [0.1, 0.15) is 5.82 Å². The van der Waals surface area contributed by atoms with Crippen LogP contribution < -0.4 is 5.32 Å². The minimum atomic E-state index is -0.220. The zero-order valence-corrected chi connectivity index (χ0v) is 10.7. The van der Waals surface area contributed by atoms with Crippen LogP contribution in [0, 0.1) is 5.82 Å². The molecule has 2 rings (SSSR count). The summed E-state index contributed by atoms with van der Waals surface area (Å²) in [6.07, 6.45) is 3.47. The molecule has 0 fully saturated rings. The molecule has 0 radical (unpaired) electrons. The Morgan fingerprint density at radius 3 is 2.78 bits per heavy atom. The summed E-state index contributed by atoms with van der Waals surface area (Å²) in [6.45, 7) is 4.91. The van der Waals surface area contributed by atoms with Gasteiger partial charge in [-0.1, -0.05) is 26.0 Å². The average Bonchev–Trinajstić information content (AvgIpc) is 2.38. The fourth-order valence-electron chi connectivity index (χ4n) is 1.81. The number of hydrogen-bond acceptors (Lipinski definition) is 2. The highest BCUT2D eigenvalue weighted by Crippen LogP contribution is 2.24. The monoisotopic (exact) mass is 244 g/mol. The zero-order chi connectivity index (χ0) is 13.0. The number of nitrogens with zero attached hydrogens (tertiary/aromatic N) is 1. The lowest BCUT2D eigenvalue weighted by Crippen LogP contribution is -2.22. The van der Waals surface area contributed by atoms with E-state index in [4.69, 9.17) is 0 Å². The number of halogens is 1. The second-order valence-electron chi connectivity index (χ2n) is 4.58. The predicted octanol–water partition coefficient (Wildman–Crippen LogP) is 3.39. The number of rotatable bonds is 4. The van der Waals surface area contributed by atoms with Crippen molar-refractivity contribution in [1.29, 1.82) is 0 Å². The molecule has 0 unspecified atom stereocenters. The number of benzene rings is 1. The highest BCUT2D eigenvalue weighted by molar-refractivity contribution is 5.66. The van der Waals surface area contributed by atoms with Crippen LogP contribution in [0.1, 0.15) is 19.4 Å². The van der Waals surface area contributed by atoms with Gasteiger partial charge in [-0.15, -0.1) is 0 Å². The van der Waals surface area contributed by atoms with E-state index in [9.17, 15) is 4.39 Å². The Kier molecular flexibility index (Phi) is 4.05. The standard InChI is InChI=1S/C15H17FN2/c1-11(2)18-10-13-5-6-14(16)8-15(13)12-4-3-7-17-9-12/h3-9,11,18H,10H2,1-2H3. The van der Waals surface area contributed by atoms with E-state index in [0.717, 1.165) is 23.2 Å². The lowest BCUT2D eigenvalue weighted by atomic mass is 10.0. The maximum absolute atomic E-state index is 13.4. The van der Waals surface area contributed by atoms with Crippen molar-refractivity contribution in [2.45, 2.75) is 26.4 Å². The summed E-state index contributed by atoms with van der Waals surface area (Å²) >= 11 is 0. The van der Waals surface area contributed by atoms with E-state index in [1.807, 2.05) is 18.2 Å². The van der Waals surface area contributed by atoms with Gasteiger partial charge in [-0.05, 0) is 29.3 Å². The van der Waals surface area contributed by atoms with Gasteiger partial charge in [-0.25, -0.2) is 4.39 Å². The molecule has 1 N–H and O–H groups in total. The number of hydrogen-bond donors (Lipinski definition) is 1. The smallest absolute Gasteiger partial charge is 0.123 e. The Morgan fingerprint density at radius 2 is 2.11 bits per heavy atom. The largest absolute Gasteiger partial charge is 0.310 e. The van der Waals surface area contributed by atoms with Crippen molar-refractivity contribution in [2.24, 2.45) is 0 Å². The Balaban J connectivity index is 2.35. The molecule has 0 saturated carbocycles. The van der Waals surface area contributed by atoms with Gasteiger partial charge in [0.05, 0.1) is 0 Å². The van der Waals surface area contributed by atoms with Crippen molar-refractivity contribution in [1.82, 2.24) is 10.3 Å². The number of pyridine rings is 1. The maximum atomic E-state index is 13.4. The van der Waals surface area contributed by atoms with E-state index in [0.29, 0.717) is 6.04 Å². The van der Waals surface area contributed by atoms with Crippen molar-refractivity contribution in [3.05, 3.63) is 54.1 Å². The lowest BCUT2D eigenvalue weighted by molar-refractivity contribution is 0.587. The molecule has 1 aromatic carbocycles. The predicted molar refractivity (Wildman–Crippen MR) is 71.6 cm³/mol. The Bertz CT molecular complexity index is 509. The molecule has 94 valence electrons. The molecule has 0 bridgehead atoms. The van der Waals surface area contributed by atoms with Crippen molar-refractivity contribution in [3.63, 3.8) is 0 Å². The molecule has 0 atom stereocenters. The van der Waals surface area contributed by atoms with E-state index < -0.39 is 0 Å². The van der Waals surface area contributed by atoms with Crippen LogP contribution >= 0.6 is 0 Å². The minimum absolute atomic E-state index is 0.220. The van der Waals surface area contributed by atoms with Gasteiger partial charge in [0.15, 0.2) is 0 Å². The number of nitrogens with one attached hydrogen (secondary N) is 1. The SMILES string of the molecule is CC(C)NCc1ccc(F)cc1-c1cccnc1. The molecule has 3 heteroatoms. The van der Waals surface area contributed by atoms with Gasteiger partial charge in [-0.2, -0.15) is 0 Å². The highest BCUT2D eigenvalue weighted by atomic mass is 19.1. The van der Waals surface area contributed by atoms with Crippen LogP contribution in [0.2, 0.25) is 0 Å².